The van der Waals surface area contributed by atoms with Crippen molar-refractivity contribution in [3.05, 3.63) is 97.1 Å². The zero-order chi connectivity index (χ0) is 20.1. The molecule has 0 saturated heterocycles. The molecule has 0 aliphatic rings. The second-order valence-corrected chi connectivity index (χ2v) is 7.61. The molecule has 1 aromatic heterocycles. The number of fused-ring (bicyclic) bond motifs is 6. The van der Waals surface area contributed by atoms with E-state index in [9.17, 15) is 0 Å². The van der Waals surface area contributed by atoms with Gasteiger partial charge in [0.15, 0.2) is 0 Å². The summed E-state index contributed by atoms with van der Waals surface area (Å²) in [6, 6.07) is 34.1. The van der Waals surface area contributed by atoms with E-state index in [0.717, 1.165) is 22.5 Å². The predicted molar refractivity (Wildman–Crippen MR) is 126 cm³/mol. The van der Waals surface area contributed by atoms with Gasteiger partial charge in [0, 0.05) is 21.7 Å². The summed E-state index contributed by atoms with van der Waals surface area (Å²) < 4.78 is 5.44. The van der Waals surface area contributed by atoms with Crippen molar-refractivity contribution in [1.29, 1.82) is 0 Å². The molecule has 0 fully saturated rings. The standard InChI is InChI=1S/C28H19NO/c1-30-22-13-15-23-20(17-22)12-14-25-27(23)24-8-4-5-9-26(24)29-28(25)21-11-10-18-6-2-3-7-19(18)16-21/h2-17H,1H3. The van der Waals surface area contributed by atoms with E-state index in [4.69, 9.17) is 9.72 Å². The van der Waals surface area contributed by atoms with E-state index in [1.807, 2.05) is 6.07 Å². The fourth-order valence-electron chi connectivity index (χ4n) is 4.44. The van der Waals surface area contributed by atoms with E-state index in [1.54, 1.807) is 7.11 Å². The van der Waals surface area contributed by atoms with Crippen LogP contribution in [0.15, 0.2) is 97.1 Å². The minimum Gasteiger partial charge on any atom is -0.497 e. The molecule has 2 heteroatoms. The highest BCUT2D eigenvalue weighted by molar-refractivity contribution is 6.22. The maximum atomic E-state index is 5.44. The lowest BCUT2D eigenvalue weighted by Crippen LogP contribution is -1.91. The Morgan fingerprint density at radius 2 is 1.37 bits per heavy atom. The van der Waals surface area contributed by atoms with Gasteiger partial charge in [-0.25, -0.2) is 4.98 Å². The Bertz CT molecular complexity index is 1580. The molecule has 142 valence electrons. The van der Waals surface area contributed by atoms with E-state index in [0.29, 0.717) is 0 Å². The van der Waals surface area contributed by atoms with Crippen LogP contribution in [0.1, 0.15) is 0 Å². The van der Waals surface area contributed by atoms with Gasteiger partial charge in [-0.15, -0.1) is 0 Å². The van der Waals surface area contributed by atoms with Crippen LogP contribution in [0.4, 0.5) is 0 Å². The van der Waals surface area contributed by atoms with Gasteiger partial charge in [-0.05, 0) is 45.8 Å². The van der Waals surface area contributed by atoms with E-state index in [1.165, 1.54) is 37.7 Å². The van der Waals surface area contributed by atoms with Gasteiger partial charge in [0.2, 0.25) is 0 Å². The highest BCUT2D eigenvalue weighted by atomic mass is 16.5. The van der Waals surface area contributed by atoms with Crippen molar-refractivity contribution in [2.45, 2.75) is 0 Å². The second-order valence-electron chi connectivity index (χ2n) is 7.61. The highest BCUT2D eigenvalue weighted by Gasteiger charge is 2.13. The quantitative estimate of drug-likeness (QED) is 0.290. The third-order valence-electron chi connectivity index (χ3n) is 5.91. The van der Waals surface area contributed by atoms with Crippen molar-refractivity contribution >= 4 is 43.2 Å². The van der Waals surface area contributed by atoms with E-state index in [2.05, 4.69) is 91.0 Å². The van der Waals surface area contributed by atoms with Crippen molar-refractivity contribution in [3.8, 4) is 17.0 Å². The Labute approximate surface area is 174 Å². The summed E-state index contributed by atoms with van der Waals surface area (Å²) in [6.45, 7) is 0. The zero-order valence-electron chi connectivity index (χ0n) is 16.6. The van der Waals surface area contributed by atoms with Gasteiger partial charge in [-0.3, -0.25) is 0 Å². The van der Waals surface area contributed by atoms with Crippen molar-refractivity contribution in [2.24, 2.45) is 0 Å². The van der Waals surface area contributed by atoms with Crippen LogP contribution in [0.5, 0.6) is 5.75 Å². The summed E-state index contributed by atoms with van der Waals surface area (Å²) in [5.74, 6) is 0.870. The summed E-state index contributed by atoms with van der Waals surface area (Å²) in [7, 11) is 1.71. The normalized spacial score (nSPS) is 11.5. The fourth-order valence-corrected chi connectivity index (χ4v) is 4.44. The molecule has 0 amide bonds. The summed E-state index contributed by atoms with van der Waals surface area (Å²) in [5.41, 5.74) is 3.17. The van der Waals surface area contributed by atoms with Crippen molar-refractivity contribution in [1.82, 2.24) is 4.98 Å². The SMILES string of the molecule is COc1ccc2c(ccc3c(-c4ccc5ccccc5c4)nc4ccccc4c32)c1. The smallest absolute Gasteiger partial charge is 0.119 e. The lowest BCUT2D eigenvalue weighted by molar-refractivity contribution is 0.415. The molecule has 0 atom stereocenters. The van der Waals surface area contributed by atoms with Crippen molar-refractivity contribution in [3.63, 3.8) is 0 Å². The summed E-state index contributed by atoms with van der Waals surface area (Å²) in [5, 5.41) is 8.43. The van der Waals surface area contributed by atoms with Gasteiger partial charge in [-0.2, -0.15) is 0 Å². The minimum absolute atomic E-state index is 0.870. The largest absolute Gasteiger partial charge is 0.497 e. The number of benzene rings is 5. The Kier molecular flexibility index (Phi) is 3.72. The van der Waals surface area contributed by atoms with Crippen molar-refractivity contribution < 1.29 is 4.74 Å². The molecule has 0 aliphatic carbocycles. The monoisotopic (exact) mass is 385 g/mol. The van der Waals surface area contributed by atoms with Crippen LogP contribution in [-0.2, 0) is 0 Å². The molecule has 6 aromatic rings. The number of aromatic nitrogens is 1. The highest BCUT2D eigenvalue weighted by Crippen LogP contribution is 2.38. The van der Waals surface area contributed by atoms with Gasteiger partial charge < -0.3 is 4.74 Å². The summed E-state index contributed by atoms with van der Waals surface area (Å²) >= 11 is 0. The Morgan fingerprint density at radius 3 is 2.27 bits per heavy atom. The molecular formula is C28H19NO. The first-order chi connectivity index (χ1) is 14.8. The molecular weight excluding hydrogens is 366 g/mol. The second kappa shape index (κ2) is 6.57. The lowest BCUT2D eigenvalue weighted by atomic mass is 9.94. The number of hydrogen-bond acceptors (Lipinski definition) is 2. The molecule has 30 heavy (non-hydrogen) atoms. The molecule has 1 heterocycles. The molecule has 0 radical (unpaired) electrons. The molecule has 0 bridgehead atoms. The van der Waals surface area contributed by atoms with Crippen LogP contribution in [0, 0.1) is 0 Å². The minimum atomic E-state index is 0.870. The zero-order valence-corrected chi connectivity index (χ0v) is 16.6. The number of methoxy groups -OCH3 is 1. The predicted octanol–water partition coefficient (Wildman–Crippen LogP) is 7.37. The third kappa shape index (κ3) is 2.54. The van der Waals surface area contributed by atoms with Gasteiger partial charge in [0.05, 0.1) is 18.3 Å². The average molecular weight is 385 g/mol. The number of hydrogen-bond donors (Lipinski definition) is 0. The average Bonchev–Trinajstić information content (AvgIpc) is 2.82. The molecule has 0 spiro atoms. The summed E-state index contributed by atoms with van der Waals surface area (Å²) in [4.78, 5) is 5.10. The first-order valence-corrected chi connectivity index (χ1v) is 10.1. The maximum absolute atomic E-state index is 5.44. The topological polar surface area (TPSA) is 22.1 Å². The lowest BCUT2D eigenvalue weighted by Gasteiger charge is -2.13. The van der Waals surface area contributed by atoms with E-state index < -0.39 is 0 Å². The van der Waals surface area contributed by atoms with Gasteiger partial charge >= 0.3 is 0 Å². The molecule has 0 saturated carbocycles. The molecule has 2 nitrogen and oxygen atoms in total. The number of ether oxygens (including phenoxy) is 1. The molecule has 6 rings (SSSR count). The molecule has 0 aliphatic heterocycles. The summed E-state index contributed by atoms with van der Waals surface area (Å²) in [6.07, 6.45) is 0. The number of pyridine rings is 1. The Hall–Kier alpha value is -3.91. The van der Waals surface area contributed by atoms with Gasteiger partial charge in [0.25, 0.3) is 0 Å². The van der Waals surface area contributed by atoms with Gasteiger partial charge in [0.1, 0.15) is 5.75 Å². The fraction of sp³-hybridized carbons (Fsp3) is 0.0357. The number of rotatable bonds is 2. The van der Waals surface area contributed by atoms with Crippen molar-refractivity contribution in [2.75, 3.05) is 7.11 Å². The van der Waals surface area contributed by atoms with Crippen LogP contribution in [-0.4, -0.2) is 12.1 Å². The maximum Gasteiger partial charge on any atom is 0.119 e. The van der Waals surface area contributed by atoms with Crippen LogP contribution in [0.25, 0.3) is 54.5 Å². The molecule has 0 N–H and O–H groups in total. The van der Waals surface area contributed by atoms with Gasteiger partial charge in [-0.1, -0.05) is 72.8 Å². The number of nitrogens with zero attached hydrogens (tertiary/aromatic N) is 1. The Balaban J connectivity index is 1.76. The molecule has 5 aromatic carbocycles. The first-order valence-electron chi connectivity index (χ1n) is 10.1. The van der Waals surface area contributed by atoms with Crippen LogP contribution in [0.3, 0.4) is 0 Å². The van der Waals surface area contributed by atoms with Crippen LogP contribution < -0.4 is 4.74 Å². The first kappa shape index (κ1) is 17.0. The third-order valence-corrected chi connectivity index (χ3v) is 5.91. The molecule has 0 unspecified atom stereocenters. The van der Waals surface area contributed by atoms with Crippen LogP contribution >= 0.6 is 0 Å². The van der Waals surface area contributed by atoms with E-state index in [-0.39, 0.29) is 0 Å². The van der Waals surface area contributed by atoms with E-state index >= 15 is 0 Å². The number of para-hydroxylation sites is 1. The Morgan fingerprint density at radius 1 is 0.600 bits per heavy atom. The van der Waals surface area contributed by atoms with Crippen LogP contribution in [0.2, 0.25) is 0 Å².